The average molecular weight is 382 g/mol. The van der Waals surface area contributed by atoms with Gasteiger partial charge in [-0.3, -0.25) is 4.79 Å². The van der Waals surface area contributed by atoms with Gasteiger partial charge in [0.25, 0.3) is 5.91 Å². The van der Waals surface area contributed by atoms with Gasteiger partial charge in [0.15, 0.2) is 0 Å². The molecule has 1 atom stereocenters. The molecule has 5 heteroatoms. The molecule has 0 N–H and O–H groups in total. The molecule has 0 aliphatic carbocycles. The van der Waals surface area contributed by atoms with Crippen molar-refractivity contribution in [2.45, 2.75) is 5.37 Å². The van der Waals surface area contributed by atoms with Crippen LogP contribution in [0.3, 0.4) is 0 Å². The first-order chi connectivity index (χ1) is 12.8. The van der Waals surface area contributed by atoms with Crippen LogP contribution in [0.4, 0.5) is 0 Å². The summed E-state index contributed by atoms with van der Waals surface area (Å²) in [6, 6.07) is 18.0. The molecule has 26 heavy (non-hydrogen) atoms. The second kappa shape index (κ2) is 7.56. The van der Waals surface area contributed by atoms with E-state index in [0.717, 1.165) is 34.7 Å². The van der Waals surface area contributed by atoms with Crippen LogP contribution in [0.2, 0.25) is 0 Å². The lowest BCUT2D eigenvalue weighted by atomic mass is 10.1. The minimum absolute atomic E-state index is 0.0601. The van der Waals surface area contributed by atoms with Gasteiger partial charge in [0.2, 0.25) is 0 Å². The molecule has 0 unspecified atom stereocenters. The van der Waals surface area contributed by atoms with E-state index in [1.54, 1.807) is 30.2 Å². The van der Waals surface area contributed by atoms with Gasteiger partial charge in [0, 0.05) is 17.9 Å². The summed E-state index contributed by atoms with van der Waals surface area (Å²) in [6.45, 7) is 0.770. The smallest absolute Gasteiger partial charge is 0.255 e. The molecule has 3 aromatic rings. The highest BCUT2D eigenvalue weighted by atomic mass is 32.2. The molecule has 1 aliphatic rings. The number of nitrogens with zero attached hydrogens (tertiary/aromatic N) is 1. The zero-order valence-corrected chi connectivity index (χ0v) is 16.1. The van der Waals surface area contributed by atoms with Crippen LogP contribution in [0.1, 0.15) is 21.3 Å². The van der Waals surface area contributed by atoms with Crippen LogP contribution >= 0.6 is 23.1 Å². The van der Waals surface area contributed by atoms with Gasteiger partial charge in [-0.05, 0) is 57.8 Å². The Morgan fingerprint density at radius 3 is 2.46 bits per heavy atom. The van der Waals surface area contributed by atoms with E-state index < -0.39 is 0 Å². The quantitative estimate of drug-likeness (QED) is 0.613. The molecule has 1 fully saturated rings. The molecule has 1 saturated heterocycles. The minimum atomic E-state index is 0.0601. The molecule has 4 rings (SSSR count). The highest BCUT2D eigenvalue weighted by molar-refractivity contribution is 7.99. The van der Waals surface area contributed by atoms with E-state index >= 15 is 0 Å². The molecule has 0 bridgehead atoms. The van der Waals surface area contributed by atoms with Crippen LogP contribution < -0.4 is 4.74 Å². The predicted molar refractivity (Wildman–Crippen MR) is 109 cm³/mol. The number of hydrogen-bond acceptors (Lipinski definition) is 4. The lowest BCUT2D eigenvalue weighted by molar-refractivity contribution is 0.0760. The molecular formula is C21H19NO2S2. The number of thioether (sulfide) groups is 1. The molecule has 1 aliphatic heterocycles. The fourth-order valence-corrected chi connectivity index (χ4v) is 5.04. The number of methoxy groups -OCH3 is 1. The van der Waals surface area contributed by atoms with Crippen LogP contribution in [-0.2, 0) is 0 Å². The summed E-state index contributed by atoms with van der Waals surface area (Å²) < 4.78 is 5.23. The molecule has 3 nitrogen and oxygen atoms in total. The maximum absolute atomic E-state index is 13.0. The van der Waals surface area contributed by atoms with Crippen LogP contribution in [-0.4, -0.2) is 30.2 Å². The van der Waals surface area contributed by atoms with Gasteiger partial charge in [-0.25, -0.2) is 0 Å². The molecule has 1 amide bonds. The van der Waals surface area contributed by atoms with E-state index in [0.29, 0.717) is 0 Å². The highest BCUT2D eigenvalue weighted by Crippen LogP contribution is 2.39. The second-order valence-electron chi connectivity index (χ2n) is 6.08. The van der Waals surface area contributed by atoms with Gasteiger partial charge >= 0.3 is 0 Å². The van der Waals surface area contributed by atoms with E-state index in [1.165, 1.54) is 5.56 Å². The fraction of sp³-hybridized carbons (Fsp3) is 0.190. The molecule has 2 heterocycles. The predicted octanol–water partition coefficient (Wildman–Crippen LogP) is 5.31. The van der Waals surface area contributed by atoms with Crippen molar-refractivity contribution in [2.75, 3.05) is 19.4 Å². The van der Waals surface area contributed by atoms with Gasteiger partial charge in [-0.2, -0.15) is 11.3 Å². The van der Waals surface area contributed by atoms with E-state index in [2.05, 4.69) is 16.8 Å². The topological polar surface area (TPSA) is 29.5 Å². The Balaban J connectivity index is 1.54. The number of carbonyl (C=O) groups excluding carboxylic acids is 1. The summed E-state index contributed by atoms with van der Waals surface area (Å²) in [4.78, 5) is 15.0. The van der Waals surface area contributed by atoms with Crippen LogP contribution in [0.5, 0.6) is 5.75 Å². The Labute approximate surface area is 161 Å². The van der Waals surface area contributed by atoms with Gasteiger partial charge in [0.1, 0.15) is 11.1 Å². The first-order valence-corrected chi connectivity index (χ1v) is 10.4. The van der Waals surface area contributed by atoms with Crippen molar-refractivity contribution in [1.82, 2.24) is 4.90 Å². The van der Waals surface area contributed by atoms with Gasteiger partial charge in [0.05, 0.1) is 7.11 Å². The van der Waals surface area contributed by atoms with Crippen molar-refractivity contribution in [3.05, 3.63) is 76.5 Å². The van der Waals surface area contributed by atoms with Crippen molar-refractivity contribution >= 4 is 29.0 Å². The number of rotatable bonds is 4. The first kappa shape index (κ1) is 17.2. The lowest BCUT2D eigenvalue weighted by Gasteiger charge is -2.24. The van der Waals surface area contributed by atoms with E-state index in [1.807, 2.05) is 53.4 Å². The zero-order chi connectivity index (χ0) is 17.9. The van der Waals surface area contributed by atoms with Crippen molar-refractivity contribution in [3.8, 4) is 16.9 Å². The summed E-state index contributed by atoms with van der Waals surface area (Å²) in [7, 11) is 1.66. The molecule has 0 spiro atoms. The normalized spacial score (nSPS) is 16.7. The molecule has 132 valence electrons. The summed E-state index contributed by atoms with van der Waals surface area (Å²) >= 11 is 3.49. The molecular weight excluding hydrogens is 362 g/mol. The Morgan fingerprint density at radius 2 is 1.81 bits per heavy atom. The van der Waals surface area contributed by atoms with Crippen LogP contribution in [0, 0.1) is 0 Å². The number of amides is 1. The summed E-state index contributed by atoms with van der Waals surface area (Å²) in [5, 5.41) is 4.24. The Hall–Kier alpha value is -2.24. The van der Waals surface area contributed by atoms with Crippen molar-refractivity contribution in [1.29, 1.82) is 0 Å². The third kappa shape index (κ3) is 3.37. The van der Waals surface area contributed by atoms with Crippen LogP contribution in [0.15, 0.2) is 65.4 Å². The summed E-state index contributed by atoms with van der Waals surface area (Å²) in [6.07, 6.45) is 0. The highest BCUT2D eigenvalue weighted by Gasteiger charge is 2.31. The van der Waals surface area contributed by atoms with Gasteiger partial charge in [-0.15, -0.1) is 11.8 Å². The number of carbonyl (C=O) groups is 1. The Morgan fingerprint density at radius 1 is 1.04 bits per heavy atom. The van der Waals surface area contributed by atoms with Crippen molar-refractivity contribution < 1.29 is 9.53 Å². The lowest BCUT2D eigenvalue weighted by Crippen LogP contribution is -2.30. The third-order valence-corrected chi connectivity index (χ3v) is 6.48. The van der Waals surface area contributed by atoms with E-state index in [9.17, 15) is 4.79 Å². The summed E-state index contributed by atoms with van der Waals surface area (Å²) in [5.41, 5.74) is 4.22. The van der Waals surface area contributed by atoms with Gasteiger partial charge < -0.3 is 9.64 Å². The Kier molecular flexibility index (Phi) is 5.00. The van der Waals surface area contributed by atoms with Gasteiger partial charge in [-0.1, -0.05) is 24.3 Å². The first-order valence-electron chi connectivity index (χ1n) is 8.45. The maximum atomic E-state index is 13.0. The van der Waals surface area contributed by atoms with E-state index in [-0.39, 0.29) is 11.3 Å². The van der Waals surface area contributed by atoms with Crippen LogP contribution in [0.25, 0.3) is 11.1 Å². The fourth-order valence-electron chi connectivity index (χ4n) is 3.12. The standard InChI is InChI=1S/C21H19NO2S2/c1-24-19-8-6-17(7-9-19)21-22(11-13-26-21)20(23)16-4-2-15(3-5-16)18-10-12-25-14-18/h2-10,12,14,21H,11,13H2,1H3/t21-/m1/s1. The zero-order valence-electron chi connectivity index (χ0n) is 14.4. The molecule has 2 aromatic carbocycles. The Bertz CT molecular complexity index is 873. The SMILES string of the molecule is COc1ccc([C@H]2SCCN2C(=O)c2ccc(-c3ccsc3)cc2)cc1. The number of benzene rings is 2. The molecule has 0 saturated carbocycles. The second-order valence-corrected chi connectivity index (χ2v) is 8.05. The monoisotopic (exact) mass is 381 g/mol. The summed E-state index contributed by atoms with van der Waals surface area (Å²) in [5.74, 6) is 1.88. The van der Waals surface area contributed by atoms with E-state index in [4.69, 9.17) is 4.74 Å². The molecule has 1 aromatic heterocycles. The number of ether oxygens (including phenoxy) is 1. The molecule has 0 radical (unpaired) electrons. The maximum Gasteiger partial charge on any atom is 0.255 e. The third-order valence-electron chi connectivity index (χ3n) is 4.54. The largest absolute Gasteiger partial charge is 0.497 e. The number of thiophene rings is 1. The van der Waals surface area contributed by atoms with Crippen molar-refractivity contribution in [2.24, 2.45) is 0 Å². The number of hydrogen-bond donors (Lipinski definition) is 0. The van der Waals surface area contributed by atoms with Crippen molar-refractivity contribution in [3.63, 3.8) is 0 Å². The average Bonchev–Trinajstić information content (AvgIpc) is 3.40. The minimum Gasteiger partial charge on any atom is -0.497 e.